The van der Waals surface area contributed by atoms with E-state index in [1.54, 1.807) is 0 Å². The zero-order chi connectivity index (χ0) is 39.7. The standard InChI is InChI=1S/C45H72N2O7/c1-3-5-7-9-11-13-14-15-16-17-18-19-20-21-22-23-25-27-33-37-44(51)54-40(34-30-26-24-12-10-8-6-4-2)35-31-28-29-32-36-42(49)46-38-43(50)47-41(39-48)45(52)53/h5,7,11-13,15-16,18-19,21-22,24,30,34,40-41,48H,3-4,6,8-10,14,17,20,23,25-29,31-33,35-39H2,1-2H3,(H,46,49)(H,47,50)(H,52,53)/b7-5-,13-11-,16-15-,19-18-,22-21-,24-12-,34-30-. The van der Waals surface area contributed by atoms with Crippen LogP contribution in [0.1, 0.15) is 149 Å². The Balaban J connectivity index is 4.38. The third-order valence-corrected chi connectivity index (χ3v) is 8.36. The molecule has 0 rings (SSSR count). The van der Waals surface area contributed by atoms with Crippen LogP contribution in [-0.4, -0.2) is 59.3 Å². The lowest BCUT2D eigenvalue weighted by molar-refractivity contribution is -0.147. The summed E-state index contributed by atoms with van der Waals surface area (Å²) in [5.41, 5.74) is 0. The Morgan fingerprint density at radius 3 is 1.69 bits per heavy atom. The predicted octanol–water partition coefficient (Wildman–Crippen LogP) is 9.70. The lowest BCUT2D eigenvalue weighted by Crippen LogP contribution is -2.47. The van der Waals surface area contributed by atoms with Crippen LogP contribution in [0.3, 0.4) is 0 Å². The zero-order valence-corrected chi connectivity index (χ0v) is 33.4. The minimum Gasteiger partial charge on any atom is -0.480 e. The van der Waals surface area contributed by atoms with Crippen molar-refractivity contribution < 1.29 is 34.1 Å². The molecule has 0 aliphatic carbocycles. The molecule has 4 N–H and O–H groups in total. The largest absolute Gasteiger partial charge is 0.480 e. The number of aliphatic hydroxyl groups excluding tert-OH is 1. The molecule has 0 heterocycles. The van der Waals surface area contributed by atoms with E-state index >= 15 is 0 Å². The molecule has 9 nitrogen and oxygen atoms in total. The molecule has 0 aromatic heterocycles. The van der Waals surface area contributed by atoms with Crippen molar-refractivity contribution in [2.45, 2.75) is 161 Å². The number of hydrogen-bond donors (Lipinski definition) is 4. The molecule has 0 aliphatic rings. The molecule has 0 radical (unpaired) electrons. The van der Waals surface area contributed by atoms with Crippen molar-refractivity contribution in [1.82, 2.24) is 10.6 Å². The van der Waals surface area contributed by atoms with E-state index < -0.39 is 24.5 Å². The molecular weight excluding hydrogens is 681 g/mol. The van der Waals surface area contributed by atoms with Gasteiger partial charge in [-0.15, -0.1) is 0 Å². The third kappa shape index (κ3) is 35.1. The first-order chi connectivity index (χ1) is 26.3. The number of amides is 2. The summed E-state index contributed by atoms with van der Waals surface area (Å²) < 4.78 is 5.86. The molecule has 0 aliphatic heterocycles. The van der Waals surface area contributed by atoms with Gasteiger partial charge in [-0.2, -0.15) is 0 Å². The molecular formula is C45H72N2O7. The van der Waals surface area contributed by atoms with Crippen molar-refractivity contribution >= 4 is 23.8 Å². The van der Waals surface area contributed by atoms with Gasteiger partial charge in [-0.05, 0) is 96.0 Å². The zero-order valence-electron chi connectivity index (χ0n) is 33.4. The highest BCUT2D eigenvalue weighted by Gasteiger charge is 2.18. The average Bonchev–Trinajstić information content (AvgIpc) is 3.15. The highest BCUT2D eigenvalue weighted by Crippen LogP contribution is 2.14. The molecule has 0 aromatic carbocycles. The summed E-state index contributed by atoms with van der Waals surface area (Å²) in [7, 11) is 0. The second-order valence-electron chi connectivity index (χ2n) is 13.3. The van der Waals surface area contributed by atoms with E-state index in [9.17, 15) is 19.2 Å². The van der Waals surface area contributed by atoms with E-state index in [0.29, 0.717) is 19.3 Å². The number of carbonyl (C=O) groups excluding carboxylic acids is 3. The molecule has 0 saturated carbocycles. The van der Waals surface area contributed by atoms with Crippen LogP contribution < -0.4 is 10.6 Å². The van der Waals surface area contributed by atoms with Gasteiger partial charge in [0.2, 0.25) is 11.8 Å². The van der Waals surface area contributed by atoms with E-state index in [-0.39, 0.29) is 30.9 Å². The van der Waals surface area contributed by atoms with Gasteiger partial charge in [0.1, 0.15) is 12.1 Å². The van der Waals surface area contributed by atoms with Gasteiger partial charge in [0, 0.05) is 12.8 Å². The number of carboxylic acid groups (broad SMARTS) is 1. The fourth-order valence-electron chi connectivity index (χ4n) is 5.22. The van der Waals surface area contributed by atoms with E-state index in [0.717, 1.165) is 89.9 Å². The number of ether oxygens (including phenoxy) is 1. The summed E-state index contributed by atoms with van der Waals surface area (Å²) in [5, 5.41) is 22.5. The molecule has 54 heavy (non-hydrogen) atoms. The molecule has 2 amide bonds. The fourth-order valence-corrected chi connectivity index (χ4v) is 5.22. The number of hydrogen-bond acceptors (Lipinski definition) is 6. The van der Waals surface area contributed by atoms with Gasteiger partial charge in [0.25, 0.3) is 0 Å². The van der Waals surface area contributed by atoms with Crippen molar-refractivity contribution in [1.29, 1.82) is 0 Å². The summed E-state index contributed by atoms with van der Waals surface area (Å²) in [6.07, 6.45) is 49.1. The maximum absolute atomic E-state index is 12.7. The van der Waals surface area contributed by atoms with Crippen molar-refractivity contribution in [3.63, 3.8) is 0 Å². The van der Waals surface area contributed by atoms with Gasteiger partial charge in [0.15, 0.2) is 0 Å². The predicted molar refractivity (Wildman–Crippen MR) is 222 cm³/mol. The number of nitrogens with one attached hydrogen (secondary N) is 2. The minimum absolute atomic E-state index is 0.163. The van der Waals surface area contributed by atoms with Gasteiger partial charge in [0.05, 0.1) is 13.2 Å². The van der Waals surface area contributed by atoms with Gasteiger partial charge in [-0.1, -0.05) is 125 Å². The smallest absolute Gasteiger partial charge is 0.328 e. The molecule has 0 saturated heterocycles. The molecule has 0 fully saturated rings. The third-order valence-electron chi connectivity index (χ3n) is 8.36. The van der Waals surface area contributed by atoms with Gasteiger partial charge >= 0.3 is 11.9 Å². The lowest BCUT2D eigenvalue weighted by Gasteiger charge is -2.15. The van der Waals surface area contributed by atoms with Crippen LogP contribution in [0.5, 0.6) is 0 Å². The molecule has 0 bridgehead atoms. The van der Waals surface area contributed by atoms with Crippen LogP contribution >= 0.6 is 0 Å². The Bertz CT molecular complexity index is 1180. The van der Waals surface area contributed by atoms with Crippen LogP contribution in [0.4, 0.5) is 0 Å². The maximum atomic E-state index is 12.7. The topological polar surface area (TPSA) is 142 Å². The highest BCUT2D eigenvalue weighted by molar-refractivity contribution is 5.87. The Morgan fingerprint density at radius 2 is 1.11 bits per heavy atom. The van der Waals surface area contributed by atoms with Gasteiger partial charge in [-0.3, -0.25) is 14.4 Å². The number of aliphatic hydroxyl groups is 1. The second-order valence-corrected chi connectivity index (χ2v) is 13.3. The SMILES string of the molecule is CC/C=C\C/C=C\C/C=C\C/C=C\C/C=C\CCCCCC(=O)OC(/C=C\C/C=C\CCCCC)CCCCCCC(=O)NCC(=O)NC(CO)C(=O)O. The molecule has 9 heteroatoms. The number of unbranched alkanes of at least 4 members (excludes halogenated alkanes) is 9. The van der Waals surface area contributed by atoms with Crippen LogP contribution in [0.25, 0.3) is 0 Å². The van der Waals surface area contributed by atoms with Crippen molar-refractivity contribution in [3.05, 3.63) is 85.1 Å². The van der Waals surface area contributed by atoms with Crippen LogP contribution in [0.2, 0.25) is 0 Å². The number of esters is 1. The summed E-state index contributed by atoms with van der Waals surface area (Å²) >= 11 is 0. The van der Waals surface area contributed by atoms with E-state index in [2.05, 4.69) is 103 Å². The van der Waals surface area contributed by atoms with Crippen molar-refractivity contribution in [2.24, 2.45) is 0 Å². The number of carbonyl (C=O) groups is 4. The monoisotopic (exact) mass is 753 g/mol. The van der Waals surface area contributed by atoms with Gasteiger partial charge < -0.3 is 25.6 Å². The first-order valence-corrected chi connectivity index (χ1v) is 20.5. The number of aliphatic carboxylic acids is 1. The number of allylic oxidation sites excluding steroid dienone is 13. The van der Waals surface area contributed by atoms with E-state index in [4.69, 9.17) is 14.9 Å². The Kier molecular flexibility index (Phi) is 35.9. The van der Waals surface area contributed by atoms with E-state index in [1.165, 1.54) is 19.3 Å². The fraction of sp³-hybridized carbons (Fsp3) is 0.600. The molecule has 0 aromatic rings. The lowest BCUT2D eigenvalue weighted by atomic mass is 10.1. The van der Waals surface area contributed by atoms with Crippen LogP contribution in [0.15, 0.2) is 85.1 Å². The van der Waals surface area contributed by atoms with E-state index in [1.807, 2.05) is 6.08 Å². The Morgan fingerprint density at radius 1 is 0.593 bits per heavy atom. The highest BCUT2D eigenvalue weighted by atomic mass is 16.5. The maximum Gasteiger partial charge on any atom is 0.328 e. The molecule has 2 atom stereocenters. The molecule has 0 spiro atoms. The van der Waals surface area contributed by atoms with Crippen LogP contribution in [0, 0.1) is 0 Å². The molecule has 2 unspecified atom stereocenters. The summed E-state index contributed by atoms with van der Waals surface area (Å²) in [5.74, 6) is -2.48. The Labute approximate surface area is 326 Å². The van der Waals surface area contributed by atoms with Gasteiger partial charge in [-0.25, -0.2) is 4.79 Å². The number of carboxylic acids is 1. The summed E-state index contributed by atoms with van der Waals surface area (Å²) in [6.45, 7) is 3.27. The normalized spacial score (nSPS) is 13.4. The average molecular weight is 753 g/mol. The first kappa shape index (κ1) is 50.0. The van der Waals surface area contributed by atoms with Crippen molar-refractivity contribution in [2.75, 3.05) is 13.2 Å². The molecule has 304 valence electrons. The minimum atomic E-state index is -1.40. The van der Waals surface area contributed by atoms with Crippen LogP contribution in [-0.2, 0) is 23.9 Å². The second kappa shape index (κ2) is 38.7. The quantitative estimate of drug-likeness (QED) is 0.0287. The first-order valence-electron chi connectivity index (χ1n) is 20.5. The summed E-state index contributed by atoms with van der Waals surface area (Å²) in [6, 6.07) is -1.40. The Hall–Kier alpha value is -3.98. The summed E-state index contributed by atoms with van der Waals surface area (Å²) in [4.78, 5) is 47.5. The number of rotatable bonds is 35. The van der Waals surface area contributed by atoms with Crippen molar-refractivity contribution in [3.8, 4) is 0 Å².